The van der Waals surface area contributed by atoms with Crippen molar-refractivity contribution in [3.63, 3.8) is 0 Å². The standard InChI is InChI=1S/C21H27N3O3/c1-16-6-8-19(14-17(16)2)27-13-10-22-20-15-18(7-9-21(20)24(25)26)23-11-4-3-5-12-23/h6-9,14-15,22H,3-5,10-13H2,1-2H3. The van der Waals surface area contributed by atoms with E-state index in [1.54, 1.807) is 6.07 Å². The van der Waals surface area contributed by atoms with Gasteiger partial charge in [0.2, 0.25) is 0 Å². The molecule has 0 spiro atoms. The van der Waals surface area contributed by atoms with Gasteiger partial charge >= 0.3 is 0 Å². The zero-order chi connectivity index (χ0) is 19.2. The number of nitro groups is 1. The van der Waals surface area contributed by atoms with Crippen molar-refractivity contribution in [1.82, 2.24) is 0 Å². The lowest BCUT2D eigenvalue weighted by Gasteiger charge is -2.29. The van der Waals surface area contributed by atoms with Gasteiger partial charge in [-0.15, -0.1) is 0 Å². The Hall–Kier alpha value is -2.76. The zero-order valence-corrected chi connectivity index (χ0v) is 16.0. The van der Waals surface area contributed by atoms with Crippen molar-refractivity contribution >= 4 is 17.1 Å². The molecule has 1 aliphatic rings. The molecule has 0 aliphatic carbocycles. The number of anilines is 2. The van der Waals surface area contributed by atoms with Crippen molar-refractivity contribution in [1.29, 1.82) is 0 Å². The minimum absolute atomic E-state index is 0.0990. The van der Waals surface area contributed by atoms with Crippen LogP contribution < -0.4 is 15.0 Å². The first kappa shape index (κ1) is 19.0. The molecule has 6 heteroatoms. The number of hydrogen-bond donors (Lipinski definition) is 1. The Kier molecular flexibility index (Phi) is 6.16. The van der Waals surface area contributed by atoms with Gasteiger partial charge in [-0.25, -0.2) is 0 Å². The maximum atomic E-state index is 11.4. The molecule has 1 heterocycles. The Balaban J connectivity index is 1.63. The van der Waals surface area contributed by atoms with Gasteiger partial charge in [0, 0.05) is 31.4 Å². The molecule has 0 bridgehead atoms. The van der Waals surface area contributed by atoms with Crippen LogP contribution in [0.25, 0.3) is 0 Å². The molecular formula is C21H27N3O3. The molecule has 0 atom stereocenters. The normalized spacial score (nSPS) is 14.1. The predicted molar refractivity (Wildman–Crippen MR) is 109 cm³/mol. The van der Waals surface area contributed by atoms with Crippen molar-refractivity contribution in [2.24, 2.45) is 0 Å². The summed E-state index contributed by atoms with van der Waals surface area (Å²) >= 11 is 0. The third-order valence-corrected chi connectivity index (χ3v) is 5.06. The van der Waals surface area contributed by atoms with E-state index >= 15 is 0 Å². The van der Waals surface area contributed by atoms with Crippen LogP contribution in [0.4, 0.5) is 17.1 Å². The average molecular weight is 369 g/mol. The van der Waals surface area contributed by atoms with E-state index in [1.165, 1.54) is 30.4 Å². The van der Waals surface area contributed by atoms with Crippen LogP contribution in [-0.2, 0) is 0 Å². The zero-order valence-electron chi connectivity index (χ0n) is 16.0. The minimum atomic E-state index is -0.341. The van der Waals surface area contributed by atoms with Crippen LogP contribution in [0.2, 0.25) is 0 Å². The fourth-order valence-electron chi connectivity index (χ4n) is 3.33. The van der Waals surface area contributed by atoms with E-state index in [9.17, 15) is 10.1 Å². The Morgan fingerprint density at radius 1 is 1.07 bits per heavy atom. The summed E-state index contributed by atoms with van der Waals surface area (Å²) in [6, 6.07) is 11.3. The van der Waals surface area contributed by atoms with Gasteiger partial charge in [-0.3, -0.25) is 10.1 Å². The molecule has 0 radical (unpaired) electrons. The van der Waals surface area contributed by atoms with Gasteiger partial charge in [0.05, 0.1) is 4.92 Å². The Morgan fingerprint density at radius 3 is 2.56 bits per heavy atom. The molecule has 3 rings (SSSR count). The van der Waals surface area contributed by atoms with E-state index in [0.29, 0.717) is 18.8 Å². The second kappa shape index (κ2) is 8.75. The van der Waals surface area contributed by atoms with Gasteiger partial charge in [-0.1, -0.05) is 6.07 Å². The van der Waals surface area contributed by atoms with E-state index in [-0.39, 0.29) is 10.6 Å². The second-order valence-corrected chi connectivity index (χ2v) is 7.03. The molecule has 0 unspecified atom stereocenters. The fourth-order valence-corrected chi connectivity index (χ4v) is 3.33. The van der Waals surface area contributed by atoms with Crippen molar-refractivity contribution in [2.75, 3.05) is 36.5 Å². The van der Waals surface area contributed by atoms with Crippen molar-refractivity contribution in [3.8, 4) is 5.75 Å². The first-order valence-electron chi connectivity index (χ1n) is 9.52. The molecule has 144 valence electrons. The molecule has 1 aliphatic heterocycles. The third kappa shape index (κ3) is 4.90. The van der Waals surface area contributed by atoms with Crippen LogP contribution in [0.1, 0.15) is 30.4 Å². The first-order chi connectivity index (χ1) is 13.0. The van der Waals surface area contributed by atoms with E-state index in [2.05, 4.69) is 24.1 Å². The number of hydrogen-bond acceptors (Lipinski definition) is 5. The highest BCUT2D eigenvalue weighted by Crippen LogP contribution is 2.30. The van der Waals surface area contributed by atoms with E-state index < -0.39 is 0 Å². The summed E-state index contributed by atoms with van der Waals surface area (Å²) in [5.41, 5.74) is 4.10. The van der Waals surface area contributed by atoms with Crippen LogP contribution in [0.3, 0.4) is 0 Å². The summed E-state index contributed by atoms with van der Waals surface area (Å²) in [4.78, 5) is 13.3. The Bertz CT molecular complexity index is 801. The Labute approximate surface area is 160 Å². The highest BCUT2D eigenvalue weighted by molar-refractivity contribution is 5.69. The van der Waals surface area contributed by atoms with Gasteiger partial charge in [-0.2, -0.15) is 0 Å². The second-order valence-electron chi connectivity index (χ2n) is 7.03. The summed E-state index contributed by atoms with van der Waals surface area (Å²) < 4.78 is 5.77. The van der Waals surface area contributed by atoms with Gasteiger partial charge in [-0.05, 0) is 68.5 Å². The maximum absolute atomic E-state index is 11.4. The molecule has 1 fully saturated rings. The number of aryl methyl sites for hydroxylation is 2. The number of ether oxygens (including phenoxy) is 1. The summed E-state index contributed by atoms with van der Waals surface area (Å²) in [6.45, 7) is 7.07. The lowest BCUT2D eigenvalue weighted by Crippen LogP contribution is -2.29. The van der Waals surface area contributed by atoms with E-state index in [4.69, 9.17) is 4.74 Å². The summed E-state index contributed by atoms with van der Waals surface area (Å²) in [5.74, 6) is 0.816. The average Bonchev–Trinajstić information content (AvgIpc) is 2.68. The third-order valence-electron chi connectivity index (χ3n) is 5.06. The highest BCUT2D eigenvalue weighted by Gasteiger charge is 2.17. The number of nitrogens with one attached hydrogen (secondary N) is 1. The van der Waals surface area contributed by atoms with Crippen LogP contribution in [-0.4, -0.2) is 31.2 Å². The molecule has 0 saturated carbocycles. The van der Waals surface area contributed by atoms with Gasteiger partial charge in [0.1, 0.15) is 18.0 Å². The molecule has 6 nitrogen and oxygen atoms in total. The molecule has 27 heavy (non-hydrogen) atoms. The lowest BCUT2D eigenvalue weighted by atomic mass is 10.1. The molecule has 0 amide bonds. The summed E-state index contributed by atoms with van der Waals surface area (Å²) in [7, 11) is 0. The van der Waals surface area contributed by atoms with Gasteiger partial charge in [0.25, 0.3) is 5.69 Å². The van der Waals surface area contributed by atoms with E-state index in [0.717, 1.165) is 24.5 Å². The predicted octanol–water partition coefficient (Wildman–Crippen LogP) is 4.69. The summed E-state index contributed by atoms with van der Waals surface area (Å²) in [6.07, 6.45) is 3.59. The van der Waals surface area contributed by atoms with Crippen molar-refractivity contribution < 1.29 is 9.66 Å². The molecule has 0 aromatic heterocycles. The monoisotopic (exact) mass is 369 g/mol. The quantitative estimate of drug-likeness (QED) is 0.435. The molecular weight excluding hydrogens is 342 g/mol. The van der Waals surface area contributed by atoms with Crippen LogP contribution in [0.5, 0.6) is 5.75 Å². The minimum Gasteiger partial charge on any atom is -0.492 e. The van der Waals surface area contributed by atoms with E-state index in [1.807, 2.05) is 30.3 Å². The maximum Gasteiger partial charge on any atom is 0.292 e. The van der Waals surface area contributed by atoms with Crippen LogP contribution >= 0.6 is 0 Å². The Morgan fingerprint density at radius 2 is 1.85 bits per heavy atom. The molecule has 2 aromatic rings. The number of nitro benzene ring substituents is 1. The topological polar surface area (TPSA) is 67.6 Å². The molecule has 1 N–H and O–H groups in total. The van der Waals surface area contributed by atoms with Crippen LogP contribution in [0, 0.1) is 24.0 Å². The van der Waals surface area contributed by atoms with Gasteiger partial charge < -0.3 is 15.0 Å². The molecule has 2 aromatic carbocycles. The smallest absolute Gasteiger partial charge is 0.292 e. The SMILES string of the molecule is Cc1ccc(OCCNc2cc(N3CCCCC3)ccc2[N+](=O)[O-])cc1C. The number of rotatable bonds is 7. The fraction of sp³-hybridized carbons (Fsp3) is 0.429. The highest BCUT2D eigenvalue weighted by atomic mass is 16.6. The molecule has 1 saturated heterocycles. The van der Waals surface area contributed by atoms with Crippen LogP contribution in [0.15, 0.2) is 36.4 Å². The van der Waals surface area contributed by atoms with Crippen molar-refractivity contribution in [2.45, 2.75) is 33.1 Å². The number of piperidine rings is 1. The first-order valence-corrected chi connectivity index (χ1v) is 9.52. The summed E-state index contributed by atoms with van der Waals surface area (Å²) in [5, 5.41) is 14.5. The lowest BCUT2D eigenvalue weighted by molar-refractivity contribution is -0.383. The van der Waals surface area contributed by atoms with Gasteiger partial charge in [0.15, 0.2) is 0 Å². The number of nitrogens with zero attached hydrogens (tertiary/aromatic N) is 2. The number of benzene rings is 2. The van der Waals surface area contributed by atoms with Crippen molar-refractivity contribution in [3.05, 3.63) is 57.6 Å². The largest absolute Gasteiger partial charge is 0.492 e.